The van der Waals surface area contributed by atoms with Gasteiger partial charge in [-0.2, -0.15) is 0 Å². The number of nitrogens with one attached hydrogen (secondary N) is 1. The Morgan fingerprint density at radius 2 is 1.89 bits per heavy atom. The van der Waals surface area contributed by atoms with Gasteiger partial charge < -0.3 is 14.5 Å². The van der Waals surface area contributed by atoms with Crippen LogP contribution in [0.2, 0.25) is 0 Å². The summed E-state index contributed by atoms with van der Waals surface area (Å²) in [6.07, 6.45) is 2.68. The summed E-state index contributed by atoms with van der Waals surface area (Å²) in [5, 5.41) is 1.26. The predicted octanol–water partition coefficient (Wildman–Crippen LogP) is 3.42. The Labute approximate surface area is 108 Å². The number of hydrogen-bond acceptors (Lipinski definition) is 2. The average molecular weight is 247 g/mol. The highest BCUT2D eigenvalue weighted by atomic mass is 16.7. The molecule has 1 N–H and O–H groups in total. The molecule has 3 heteroatoms. The molecule has 0 saturated carbocycles. The molecule has 1 aromatic heterocycles. The van der Waals surface area contributed by atoms with Crippen molar-refractivity contribution in [2.24, 2.45) is 0 Å². The van der Waals surface area contributed by atoms with Crippen molar-refractivity contribution in [3.8, 4) is 0 Å². The zero-order valence-corrected chi connectivity index (χ0v) is 11.3. The molecular formula is C15H21NO2. The molecule has 2 rings (SSSR count). The van der Waals surface area contributed by atoms with Gasteiger partial charge in [-0.3, -0.25) is 0 Å². The number of aryl methyl sites for hydroxylation is 1. The highest BCUT2D eigenvalue weighted by Crippen LogP contribution is 2.21. The number of hydrogen-bond donors (Lipinski definition) is 1. The second-order valence-corrected chi connectivity index (χ2v) is 4.41. The van der Waals surface area contributed by atoms with Crippen molar-refractivity contribution in [2.75, 3.05) is 13.2 Å². The van der Waals surface area contributed by atoms with Gasteiger partial charge in [0, 0.05) is 36.7 Å². The summed E-state index contributed by atoms with van der Waals surface area (Å²) in [6, 6.07) is 6.44. The molecule has 2 aromatic rings. The van der Waals surface area contributed by atoms with Gasteiger partial charge in [-0.05, 0) is 38.5 Å². The van der Waals surface area contributed by atoms with E-state index >= 15 is 0 Å². The average Bonchev–Trinajstić information content (AvgIpc) is 2.73. The number of ether oxygens (including phenoxy) is 2. The molecule has 0 spiro atoms. The lowest BCUT2D eigenvalue weighted by Gasteiger charge is -2.16. The Bertz CT molecular complexity index is 498. The number of fused-ring (bicyclic) bond motifs is 1. The van der Waals surface area contributed by atoms with Crippen LogP contribution in [0.25, 0.3) is 10.9 Å². The fourth-order valence-electron chi connectivity index (χ4n) is 2.18. The Balaban J connectivity index is 2.21. The largest absolute Gasteiger partial charge is 0.361 e. The van der Waals surface area contributed by atoms with E-state index in [4.69, 9.17) is 9.47 Å². The zero-order chi connectivity index (χ0) is 13.0. The molecule has 0 aliphatic rings. The van der Waals surface area contributed by atoms with Crippen LogP contribution in [-0.2, 0) is 15.9 Å². The molecular weight excluding hydrogens is 226 g/mol. The van der Waals surface area contributed by atoms with Gasteiger partial charge in [0.2, 0.25) is 0 Å². The monoisotopic (exact) mass is 247 g/mol. The number of benzene rings is 1. The Morgan fingerprint density at radius 1 is 1.17 bits per heavy atom. The minimum atomic E-state index is -0.153. The van der Waals surface area contributed by atoms with Crippen LogP contribution < -0.4 is 0 Å². The van der Waals surface area contributed by atoms with Crippen molar-refractivity contribution in [1.82, 2.24) is 4.98 Å². The van der Waals surface area contributed by atoms with Gasteiger partial charge in [-0.15, -0.1) is 0 Å². The molecule has 0 unspecified atom stereocenters. The molecule has 0 fully saturated rings. The third kappa shape index (κ3) is 2.92. The molecule has 0 atom stereocenters. The maximum Gasteiger partial charge on any atom is 0.161 e. The lowest BCUT2D eigenvalue weighted by molar-refractivity contribution is -0.134. The topological polar surface area (TPSA) is 34.2 Å². The first-order valence-corrected chi connectivity index (χ1v) is 6.54. The van der Waals surface area contributed by atoms with E-state index in [-0.39, 0.29) is 6.29 Å². The first kappa shape index (κ1) is 13.1. The lowest BCUT2D eigenvalue weighted by Crippen LogP contribution is -2.19. The van der Waals surface area contributed by atoms with Crippen LogP contribution >= 0.6 is 0 Å². The van der Waals surface area contributed by atoms with E-state index in [0.717, 1.165) is 6.42 Å². The zero-order valence-electron chi connectivity index (χ0n) is 11.3. The minimum absolute atomic E-state index is 0.153. The normalized spacial score (nSPS) is 11.6. The standard InChI is InChI=1S/C15H21NO2/c1-4-17-15(18-5-2)9-12-10-16-14-7-6-11(3)8-13(12)14/h6-8,10,15-16H,4-5,9H2,1-3H3. The number of aromatic nitrogens is 1. The highest BCUT2D eigenvalue weighted by molar-refractivity contribution is 5.83. The summed E-state index contributed by atoms with van der Waals surface area (Å²) in [4.78, 5) is 3.29. The third-order valence-electron chi connectivity index (χ3n) is 3.01. The second kappa shape index (κ2) is 6.03. The van der Waals surface area contributed by atoms with Gasteiger partial charge in [0.15, 0.2) is 6.29 Å². The van der Waals surface area contributed by atoms with E-state index in [1.54, 1.807) is 0 Å². The summed E-state index contributed by atoms with van der Waals surface area (Å²) < 4.78 is 11.2. The summed E-state index contributed by atoms with van der Waals surface area (Å²) in [6.45, 7) is 7.44. The third-order valence-corrected chi connectivity index (χ3v) is 3.01. The molecule has 1 aromatic carbocycles. The maximum absolute atomic E-state index is 5.60. The SMILES string of the molecule is CCOC(Cc1c[nH]c2ccc(C)cc12)OCC. The summed E-state index contributed by atoms with van der Waals surface area (Å²) in [5.41, 5.74) is 3.69. The first-order valence-electron chi connectivity index (χ1n) is 6.54. The molecule has 98 valence electrons. The van der Waals surface area contributed by atoms with Crippen LogP contribution in [0.15, 0.2) is 24.4 Å². The smallest absolute Gasteiger partial charge is 0.161 e. The molecule has 0 radical (unpaired) electrons. The first-order chi connectivity index (χ1) is 8.74. The van der Waals surface area contributed by atoms with Crippen LogP contribution in [0.4, 0.5) is 0 Å². The van der Waals surface area contributed by atoms with Gasteiger partial charge in [0.25, 0.3) is 0 Å². The molecule has 0 aliphatic heterocycles. The quantitative estimate of drug-likeness (QED) is 0.794. The van der Waals surface area contributed by atoms with Gasteiger partial charge in [0.05, 0.1) is 0 Å². The minimum Gasteiger partial charge on any atom is -0.361 e. The molecule has 0 amide bonds. The van der Waals surface area contributed by atoms with Crippen molar-refractivity contribution < 1.29 is 9.47 Å². The molecule has 18 heavy (non-hydrogen) atoms. The van der Waals surface area contributed by atoms with Gasteiger partial charge in [-0.1, -0.05) is 11.6 Å². The molecule has 1 heterocycles. The fraction of sp³-hybridized carbons (Fsp3) is 0.467. The number of rotatable bonds is 6. The summed E-state index contributed by atoms with van der Waals surface area (Å²) in [7, 11) is 0. The Kier molecular flexibility index (Phi) is 4.39. The van der Waals surface area contributed by atoms with E-state index in [1.165, 1.54) is 22.0 Å². The molecule has 0 bridgehead atoms. The van der Waals surface area contributed by atoms with Gasteiger partial charge in [0.1, 0.15) is 0 Å². The van der Waals surface area contributed by atoms with Crippen molar-refractivity contribution in [1.29, 1.82) is 0 Å². The number of H-pyrrole nitrogens is 1. The Hall–Kier alpha value is -1.32. The van der Waals surface area contributed by atoms with E-state index in [0.29, 0.717) is 13.2 Å². The van der Waals surface area contributed by atoms with Crippen molar-refractivity contribution >= 4 is 10.9 Å². The fourth-order valence-corrected chi connectivity index (χ4v) is 2.18. The summed E-state index contributed by atoms with van der Waals surface area (Å²) in [5.74, 6) is 0. The van der Waals surface area contributed by atoms with Gasteiger partial charge >= 0.3 is 0 Å². The number of aromatic amines is 1. The van der Waals surface area contributed by atoms with E-state index in [2.05, 4.69) is 36.3 Å². The molecule has 3 nitrogen and oxygen atoms in total. The molecule has 0 aliphatic carbocycles. The van der Waals surface area contributed by atoms with E-state index in [1.807, 2.05) is 13.8 Å². The van der Waals surface area contributed by atoms with Gasteiger partial charge in [-0.25, -0.2) is 0 Å². The second-order valence-electron chi connectivity index (χ2n) is 4.41. The lowest BCUT2D eigenvalue weighted by atomic mass is 10.1. The van der Waals surface area contributed by atoms with Crippen LogP contribution in [-0.4, -0.2) is 24.5 Å². The van der Waals surface area contributed by atoms with Crippen LogP contribution in [0.1, 0.15) is 25.0 Å². The predicted molar refractivity (Wildman–Crippen MR) is 73.8 cm³/mol. The van der Waals surface area contributed by atoms with Crippen LogP contribution in [0, 0.1) is 6.92 Å². The summed E-state index contributed by atoms with van der Waals surface area (Å²) >= 11 is 0. The van der Waals surface area contributed by atoms with E-state index < -0.39 is 0 Å². The molecule has 0 saturated heterocycles. The van der Waals surface area contributed by atoms with Crippen molar-refractivity contribution in [2.45, 2.75) is 33.5 Å². The van der Waals surface area contributed by atoms with Crippen molar-refractivity contribution in [3.05, 3.63) is 35.5 Å². The maximum atomic E-state index is 5.60. The van der Waals surface area contributed by atoms with Crippen LogP contribution in [0.5, 0.6) is 0 Å². The van der Waals surface area contributed by atoms with Crippen LogP contribution in [0.3, 0.4) is 0 Å². The highest BCUT2D eigenvalue weighted by Gasteiger charge is 2.12. The Morgan fingerprint density at radius 3 is 2.56 bits per heavy atom. The van der Waals surface area contributed by atoms with Crippen molar-refractivity contribution in [3.63, 3.8) is 0 Å². The van der Waals surface area contributed by atoms with E-state index in [9.17, 15) is 0 Å².